The van der Waals surface area contributed by atoms with Crippen molar-refractivity contribution in [3.63, 3.8) is 0 Å². The highest BCUT2D eigenvalue weighted by atomic mass is 19.1. The van der Waals surface area contributed by atoms with Gasteiger partial charge >= 0.3 is 5.97 Å². The van der Waals surface area contributed by atoms with E-state index in [1.165, 1.54) is 26.4 Å². The molecule has 2 aliphatic carbocycles. The van der Waals surface area contributed by atoms with Gasteiger partial charge in [-0.1, -0.05) is 19.3 Å². The summed E-state index contributed by atoms with van der Waals surface area (Å²) in [5.41, 5.74) is -0.385. The molecule has 5 rings (SSSR count). The Morgan fingerprint density at radius 1 is 1.38 bits per heavy atom. The number of benzene rings is 1. The van der Waals surface area contributed by atoms with E-state index in [4.69, 9.17) is 9.84 Å². The van der Waals surface area contributed by atoms with Gasteiger partial charge in [-0.3, -0.25) is 4.79 Å². The topological polar surface area (TPSA) is 94.7 Å². The second kappa shape index (κ2) is 7.33. The van der Waals surface area contributed by atoms with Crippen molar-refractivity contribution >= 4 is 22.6 Å². The number of pyridine rings is 1. The summed E-state index contributed by atoms with van der Waals surface area (Å²) < 4.78 is 20.4. The number of aromatic nitrogens is 1. The van der Waals surface area contributed by atoms with Crippen LogP contribution in [0.1, 0.15) is 42.5 Å². The van der Waals surface area contributed by atoms with Crippen LogP contribution in [0.3, 0.4) is 0 Å². The Morgan fingerprint density at radius 2 is 2.07 bits per heavy atom. The third-order valence-electron chi connectivity index (χ3n) is 6.05. The molecule has 1 aliphatic heterocycles. The van der Waals surface area contributed by atoms with E-state index >= 15 is 0 Å². The Bertz CT molecular complexity index is 1010. The summed E-state index contributed by atoms with van der Waals surface area (Å²) in [5, 5.41) is 12.4. The van der Waals surface area contributed by atoms with E-state index in [0.29, 0.717) is 24.3 Å². The second-order valence-electron chi connectivity index (χ2n) is 8.14. The number of likely N-dealkylation sites (N-methyl/N-ethyl adjacent to an activating group) is 1. The van der Waals surface area contributed by atoms with Crippen LogP contribution in [0.4, 0.5) is 10.1 Å². The van der Waals surface area contributed by atoms with Gasteiger partial charge < -0.3 is 25.0 Å². The zero-order valence-electron chi connectivity index (χ0n) is 16.7. The van der Waals surface area contributed by atoms with Crippen LogP contribution in [-0.4, -0.2) is 49.3 Å². The molecule has 3 N–H and O–H groups in total. The number of nitrogens with zero attached hydrogens (tertiary/aromatic N) is 1. The highest BCUT2D eigenvalue weighted by Gasteiger charge is 2.55. The first kappa shape index (κ1) is 19.7. The summed E-state index contributed by atoms with van der Waals surface area (Å²) >= 11 is 0. The number of carbonyl (C=O) groups is 1. The van der Waals surface area contributed by atoms with Crippen molar-refractivity contribution in [3.05, 3.63) is 33.9 Å². The van der Waals surface area contributed by atoms with Crippen molar-refractivity contribution in [3.8, 4) is 5.75 Å². The molecule has 2 heterocycles. The number of ether oxygens (including phenoxy) is 1. The second-order valence-corrected chi connectivity index (χ2v) is 8.14. The molecule has 1 unspecified atom stereocenters. The highest BCUT2D eigenvalue weighted by molar-refractivity contribution is 5.96. The summed E-state index contributed by atoms with van der Waals surface area (Å²) in [6.07, 6.45) is 7.83. The van der Waals surface area contributed by atoms with Gasteiger partial charge in [0.2, 0.25) is 5.43 Å². The first-order valence-electron chi connectivity index (χ1n) is 9.99. The third kappa shape index (κ3) is 3.46. The SMILES string of the molecule is C1CC1.CNC1CN(c2c(F)cc3c(=O)c(C(=O)O)c[nH]c3c2OC)CC12CC2. The van der Waals surface area contributed by atoms with Crippen molar-refractivity contribution in [1.82, 2.24) is 10.3 Å². The fourth-order valence-corrected chi connectivity index (χ4v) is 4.15. The standard InChI is InChI=1S/C18H20FN3O4.C3H6/c1-20-12-7-22(8-18(12)3-4-18)14-11(19)5-9-13(16(14)26-2)21-6-10(15(9)23)17(24)25;1-2-3-1/h5-6,12,20H,3-4,7-8H2,1-2H3,(H,21,23)(H,24,25);1-3H2. The molecule has 1 saturated heterocycles. The molecule has 1 atom stereocenters. The van der Waals surface area contributed by atoms with Crippen LogP contribution in [0, 0.1) is 11.2 Å². The van der Waals surface area contributed by atoms with Crippen LogP contribution < -0.4 is 20.4 Å². The number of fused-ring (bicyclic) bond motifs is 1. The lowest BCUT2D eigenvalue weighted by molar-refractivity contribution is 0.0695. The van der Waals surface area contributed by atoms with Gasteiger partial charge in [0.1, 0.15) is 11.3 Å². The van der Waals surface area contributed by atoms with Gasteiger partial charge in [-0.2, -0.15) is 0 Å². The minimum atomic E-state index is -1.36. The number of nitrogens with one attached hydrogen (secondary N) is 2. The number of aromatic carboxylic acids is 1. The number of H-pyrrole nitrogens is 1. The zero-order chi connectivity index (χ0) is 20.8. The van der Waals surface area contributed by atoms with E-state index in [1.807, 2.05) is 11.9 Å². The molecule has 8 heteroatoms. The molecule has 156 valence electrons. The molecule has 3 aliphatic rings. The summed E-state index contributed by atoms with van der Waals surface area (Å²) in [7, 11) is 3.33. The Balaban J connectivity index is 0.000000626. The molecule has 0 bridgehead atoms. The van der Waals surface area contributed by atoms with Gasteiger partial charge in [0.15, 0.2) is 11.6 Å². The number of methoxy groups -OCH3 is 1. The predicted molar refractivity (Wildman–Crippen MR) is 109 cm³/mol. The Kier molecular flexibility index (Phi) is 4.98. The summed E-state index contributed by atoms with van der Waals surface area (Å²) in [5.74, 6) is -1.72. The van der Waals surface area contributed by atoms with Gasteiger partial charge in [-0.15, -0.1) is 0 Å². The first-order valence-corrected chi connectivity index (χ1v) is 9.99. The molecular formula is C21H26FN3O4. The first-order chi connectivity index (χ1) is 13.9. The van der Waals surface area contributed by atoms with Crippen LogP contribution in [0.25, 0.3) is 10.9 Å². The maximum absolute atomic E-state index is 15.0. The Labute approximate surface area is 167 Å². The minimum absolute atomic E-state index is 0.0338. The van der Waals surface area contributed by atoms with Crippen LogP contribution in [0.15, 0.2) is 17.1 Å². The van der Waals surface area contributed by atoms with Crippen LogP contribution in [0.5, 0.6) is 5.75 Å². The summed E-state index contributed by atoms with van der Waals surface area (Å²) in [6, 6.07) is 1.38. The van der Waals surface area contributed by atoms with E-state index < -0.39 is 22.8 Å². The Morgan fingerprint density at radius 3 is 2.55 bits per heavy atom. The maximum atomic E-state index is 15.0. The third-order valence-corrected chi connectivity index (χ3v) is 6.05. The van der Waals surface area contributed by atoms with Gasteiger partial charge in [-0.05, 0) is 26.0 Å². The minimum Gasteiger partial charge on any atom is -0.492 e. The van der Waals surface area contributed by atoms with E-state index in [0.717, 1.165) is 25.1 Å². The number of carboxylic acids is 1. The maximum Gasteiger partial charge on any atom is 0.341 e. The molecule has 2 saturated carbocycles. The molecule has 29 heavy (non-hydrogen) atoms. The number of hydrogen-bond donors (Lipinski definition) is 3. The summed E-state index contributed by atoms with van der Waals surface area (Å²) in [6.45, 7) is 1.36. The van der Waals surface area contributed by atoms with E-state index in [1.54, 1.807) is 0 Å². The van der Waals surface area contributed by atoms with Gasteiger partial charge in [0.25, 0.3) is 0 Å². The van der Waals surface area contributed by atoms with Gasteiger partial charge in [0, 0.05) is 30.7 Å². The van der Waals surface area contributed by atoms with Crippen molar-refractivity contribution in [2.45, 2.75) is 38.1 Å². The van der Waals surface area contributed by atoms with Crippen molar-refractivity contribution < 1.29 is 19.0 Å². The smallest absolute Gasteiger partial charge is 0.341 e. The average Bonchev–Trinajstić information content (AvgIpc) is 3.60. The fourth-order valence-electron chi connectivity index (χ4n) is 4.15. The monoisotopic (exact) mass is 403 g/mol. The molecule has 0 amide bonds. The van der Waals surface area contributed by atoms with Crippen molar-refractivity contribution in [1.29, 1.82) is 0 Å². The zero-order valence-corrected chi connectivity index (χ0v) is 16.7. The molecule has 3 fully saturated rings. The summed E-state index contributed by atoms with van der Waals surface area (Å²) in [4.78, 5) is 28.3. The van der Waals surface area contributed by atoms with Crippen LogP contribution in [-0.2, 0) is 0 Å². The van der Waals surface area contributed by atoms with Crippen LogP contribution >= 0.6 is 0 Å². The number of carboxylic acid groups (broad SMARTS) is 1. The average molecular weight is 403 g/mol. The van der Waals surface area contributed by atoms with Crippen molar-refractivity contribution in [2.24, 2.45) is 5.41 Å². The molecule has 1 aromatic heterocycles. The lowest BCUT2D eigenvalue weighted by Gasteiger charge is -2.23. The molecular weight excluding hydrogens is 377 g/mol. The number of hydrogen-bond acceptors (Lipinski definition) is 5. The number of aromatic amines is 1. The predicted octanol–water partition coefficient (Wildman–Crippen LogP) is 2.73. The molecule has 0 radical (unpaired) electrons. The molecule has 2 aromatic rings. The van der Waals surface area contributed by atoms with Crippen molar-refractivity contribution in [2.75, 3.05) is 32.1 Å². The molecule has 1 spiro atoms. The lowest BCUT2D eigenvalue weighted by atomic mass is 10.0. The fraction of sp³-hybridized carbons (Fsp3) is 0.524. The molecule has 7 nitrogen and oxygen atoms in total. The number of anilines is 1. The van der Waals surface area contributed by atoms with Gasteiger partial charge in [0.05, 0.1) is 18.0 Å². The van der Waals surface area contributed by atoms with E-state index in [2.05, 4.69) is 10.3 Å². The quantitative estimate of drug-likeness (QED) is 0.727. The number of halogens is 1. The number of rotatable bonds is 4. The highest BCUT2D eigenvalue weighted by Crippen LogP contribution is 2.54. The lowest BCUT2D eigenvalue weighted by Crippen LogP contribution is -2.34. The van der Waals surface area contributed by atoms with E-state index in [9.17, 15) is 14.0 Å². The Hall–Kier alpha value is -2.61. The van der Waals surface area contributed by atoms with Gasteiger partial charge in [-0.25, -0.2) is 9.18 Å². The molecule has 1 aromatic carbocycles. The van der Waals surface area contributed by atoms with E-state index in [-0.39, 0.29) is 22.6 Å². The largest absolute Gasteiger partial charge is 0.492 e. The van der Waals surface area contributed by atoms with Crippen LogP contribution in [0.2, 0.25) is 0 Å². The normalized spacial score (nSPS) is 21.1.